The van der Waals surface area contributed by atoms with E-state index < -0.39 is 17.9 Å². The Bertz CT molecular complexity index is 646. The van der Waals surface area contributed by atoms with Crippen LogP contribution in [-0.4, -0.2) is 17.9 Å². The number of carboxylic acid groups (broad SMARTS) is 3. The monoisotopic (exact) mass is 883 g/mol. The number of carboxylic acids is 3. The average molecular weight is 884 g/mol. The molecule has 9 heteroatoms. The van der Waals surface area contributed by atoms with E-state index in [1.165, 1.54) is 212 Å². The Hall–Kier alpha value is 3.32. The van der Waals surface area contributed by atoms with Gasteiger partial charge < -0.3 is 29.7 Å². The minimum atomic E-state index is -0.905. The number of unbranched alkanes of at least 4 members (excludes halogenated alkanes) is 36. The van der Waals surface area contributed by atoms with E-state index in [2.05, 4.69) is 20.8 Å². The molecule has 6 nitrogen and oxygen atoms in total. The Morgan fingerprint density at radius 1 is 0.228 bits per heavy atom. The summed E-state index contributed by atoms with van der Waals surface area (Å²) in [6.45, 7) is 6.77. The zero-order chi connectivity index (χ0) is 40.4. The van der Waals surface area contributed by atoms with Gasteiger partial charge >= 0.3 is 154 Å². The van der Waals surface area contributed by atoms with Crippen LogP contribution in [-0.2, 0) is 14.4 Å². The summed E-state index contributed by atoms with van der Waals surface area (Å²) in [7, 11) is 0. The Balaban J connectivity index is -0.000000167. The smallest absolute Gasteiger partial charge is 0.550 e. The van der Waals surface area contributed by atoms with Crippen molar-refractivity contribution >= 4 is 17.9 Å². The first-order valence-corrected chi connectivity index (χ1v) is 23.9. The summed E-state index contributed by atoms with van der Waals surface area (Å²) in [5.74, 6) is -2.71. The molecular weight excluding hydrogens is 790 g/mol. The maximum absolute atomic E-state index is 10.2. The van der Waals surface area contributed by atoms with Crippen LogP contribution >= 0.6 is 0 Å². The molecule has 0 bridgehead atoms. The van der Waals surface area contributed by atoms with E-state index in [0.29, 0.717) is 0 Å². The van der Waals surface area contributed by atoms with Gasteiger partial charge in [-0.25, -0.2) is 0 Å². The summed E-state index contributed by atoms with van der Waals surface area (Å²) in [5.41, 5.74) is 0. The van der Waals surface area contributed by atoms with Gasteiger partial charge in [-0.15, -0.1) is 0 Å². The Morgan fingerprint density at radius 2 is 0.333 bits per heavy atom. The maximum Gasteiger partial charge on any atom is 1.00 e. The van der Waals surface area contributed by atoms with Gasteiger partial charge in [0.25, 0.3) is 0 Å². The minimum absolute atomic E-state index is 0. The fraction of sp³-hybridized carbons (Fsp3) is 0.938. The number of hydrogen-bond donors (Lipinski definition) is 0. The van der Waals surface area contributed by atoms with Gasteiger partial charge in [0.15, 0.2) is 0 Å². The Labute approximate surface area is 484 Å². The van der Waals surface area contributed by atoms with Crippen molar-refractivity contribution in [1.29, 1.82) is 0 Å². The van der Waals surface area contributed by atoms with Gasteiger partial charge in [0.1, 0.15) is 0 Å². The fourth-order valence-corrected chi connectivity index (χ4v) is 6.86. The van der Waals surface area contributed by atoms with E-state index >= 15 is 0 Å². The zero-order valence-corrected chi connectivity index (χ0v) is 49.0. The predicted octanol–water partition coefficient (Wildman–Crippen LogP) is 3.66. The summed E-state index contributed by atoms with van der Waals surface area (Å²) in [4.78, 5) is 30.6. The molecule has 0 atom stereocenters. The zero-order valence-electron chi connectivity index (χ0n) is 39.6. The molecule has 0 N–H and O–H groups in total. The first kappa shape index (κ1) is 71.9. The van der Waals surface area contributed by atoms with E-state index in [0.717, 1.165) is 38.5 Å². The van der Waals surface area contributed by atoms with Crippen LogP contribution in [0.15, 0.2) is 0 Å². The molecule has 0 aromatic rings. The summed E-state index contributed by atoms with van der Waals surface area (Å²) < 4.78 is 0. The topological polar surface area (TPSA) is 120 Å². The second-order valence-electron chi connectivity index (χ2n) is 16.1. The van der Waals surface area contributed by atoms with Gasteiger partial charge in [0, 0.05) is 17.9 Å². The van der Waals surface area contributed by atoms with Gasteiger partial charge in [0.2, 0.25) is 0 Å². The average Bonchev–Trinajstić information content (AvgIpc) is 3.14. The van der Waals surface area contributed by atoms with Crippen molar-refractivity contribution in [3.05, 3.63) is 0 Å². The number of aliphatic carboxylic acids is 3. The maximum atomic E-state index is 10.2. The molecule has 0 heterocycles. The molecule has 324 valence electrons. The summed E-state index contributed by atoms with van der Waals surface area (Å²) in [5, 5.41) is 30.6. The second kappa shape index (κ2) is 68.4. The molecule has 0 unspecified atom stereocenters. The second-order valence-corrected chi connectivity index (χ2v) is 16.1. The molecule has 0 saturated carbocycles. The number of hydrogen-bond acceptors (Lipinski definition) is 6. The Morgan fingerprint density at radius 3 is 0.439 bits per heavy atom. The molecule has 0 radical (unpaired) electrons. The van der Waals surface area contributed by atoms with Crippen LogP contribution in [0.2, 0.25) is 0 Å². The molecule has 0 fully saturated rings. The van der Waals surface area contributed by atoms with Crippen LogP contribution in [0.1, 0.15) is 290 Å². The summed E-state index contributed by atoms with van der Waals surface area (Å²) in [6.07, 6.45) is 50.8. The third kappa shape index (κ3) is 83.5. The molecule has 0 spiro atoms. The van der Waals surface area contributed by atoms with Gasteiger partial charge in [-0.05, 0) is 38.5 Å². The summed E-state index contributed by atoms with van der Waals surface area (Å²) >= 11 is 0. The SMILES string of the molecule is CCCCCCCCCCCCCCCC(=O)[O-].CCCCCCCCCCCCCCCC(=O)[O-].CCCCCCCCCCCCCCCC(=O)[O-].[K+].[K+].[K+]. The summed E-state index contributed by atoms with van der Waals surface area (Å²) in [6, 6.07) is 0. The van der Waals surface area contributed by atoms with Crippen LogP contribution in [0, 0.1) is 0 Å². The van der Waals surface area contributed by atoms with Crippen molar-refractivity contribution in [2.45, 2.75) is 290 Å². The van der Waals surface area contributed by atoms with Crippen LogP contribution in [0.25, 0.3) is 0 Å². The van der Waals surface area contributed by atoms with Gasteiger partial charge in [-0.2, -0.15) is 0 Å². The van der Waals surface area contributed by atoms with Crippen molar-refractivity contribution < 1.29 is 184 Å². The van der Waals surface area contributed by atoms with Crippen molar-refractivity contribution in [3.8, 4) is 0 Å². The third-order valence-corrected chi connectivity index (χ3v) is 10.5. The molecule has 57 heavy (non-hydrogen) atoms. The van der Waals surface area contributed by atoms with Crippen molar-refractivity contribution in [2.75, 3.05) is 0 Å². The van der Waals surface area contributed by atoms with Crippen molar-refractivity contribution in [3.63, 3.8) is 0 Å². The minimum Gasteiger partial charge on any atom is -0.550 e. The normalized spacial score (nSPS) is 10.2. The van der Waals surface area contributed by atoms with E-state index in [1.54, 1.807) is 0 Å². The molecule has 0 saturated heterocycles. The molecule has 0 aromatic heterocycles. The van der Waals surface area contributed by atoms with Crippen LogP contribution in [0.4, 0.5) is 0 Å². The van der Waals surface area contributed by atoms with E-state index in [-0.39, 0.29) is 173 Å². The Kier molecular flexibility index (Phi) is 86.3. The van der Waals surface area contributed by atoms with Crippen molar-refractivity contribution in [2.24, 2.45) is 0 Å². The van der Waals surface area contributed by atoms with E-state index in [1.807, 2.05) is 0 Å². The number of carbonyl (C=O) groups is 3. The number of carbonyl (C=O) groups excluding carboxylic acids is 3. The molecule has 0 amide bonds. The van der Waals surface area contributed by atoms with Gasteiger partial charge in [0.05, 0.1) is 0 Å². The standard InChI is InChI=1S/3C16H32O2.3K/c3*1-2-3-4-5-6-7-8-9-10-11-12-13-14-15-16(17)18;;;/h3*2-15H2,1H3,(H,17,18);;;/q;;;3*+1/p-3. The predicted molar refractivity (Wildman–Crippen MR) is 226 cm³/mol. The largest absolute Gasteiger partial charge is 1.00 e. The molecule has 0 aliphatic rings. The molecule has 0 aliphatic carbocycles. The van der Waals surface area contributed by atoms with Crippen molar-refractivity contribution in [1.82, 2.24) is 0 Å². The van der Waals surface area contributed by atoms with E-state index in [4.69, 9.17) is 0 Å². The molecule has 0 rings (SSSR count). The van der Waals surface area contributed by atoms with Crippen LogP contribution in [0.3, 0.4) is 0 Å². The number of rotatable bonds is 42. The third-order valence-electron chi connectivity index (χ3n) is 10.5. The molecular formula is C48H93K3O6. The van der Waals surface area contributed by atoms with Gasteiger partial charge in [-0.1, -0.05) is 252 Å². The van der Waals surface area contributed by atoms with E-state index in [9.17, 15) is 29.7 Å². The first-order valence-electron chi connectivity index (χ1n) is 23.9. The van der Waals surface area contributed by atoms with Crippen LogP contribution in [0.5, 0.6) is 0 Å². The fourth-order valence-electron chi connectivity index (χ4n) is 6.86. The molecule has 0 aromatic carbocycles. The quantitative estimate of drug-likeness (QED) is 0.0683. The first-order chi connectivity index (χ1) is 26.3. The van der Waals surface area contributed by atoms with Gasteiger partial charge in [-0.3, -0.25) is 0 Å². The molecule has 0 aliphatic heterocycles. The van der Waals surface area contributed by atoms with Crippen LogP contribution < -0.4 is 169 Å².